The molecular formula is C26H18F8O6S. The first kappa shape index (κ1) is 28.9. The Labute approximate surface area is 227 Å². The third kappa shape index (κ3) is 5.52. The summed E-state index contributed by atoms with van der Waals surface area (Å²) in [6.07, 6.45) is -4.40. The maximum Gasteiger partial charge on any atom is 0.416 e. The quantitative estimate of drug-likeness (QED) is 0.142. The second kappa shape index (κ2) is 10.7. The average Bonchev–Trinajstić information content (AvgIpc) is 3.45. The Bertz CT molecular complexity index is 1570. The molecular weight excluding hydrogens is 592 g/mol. The van der Waals surface area contributed by atoms with Crippen molar-refractivity contribution in [2.24, 2.45) is 0 Å². The largest absolute Gasteiger partial charge is 0.493 e. The third-order valence-electron chi connectivity index (χ3n) is 6.57. The molecule has 0 bridgehead atoms. The van der Waals surface area contributed by atoms with Crippen LogP contribution in [-0.4, -0.2) is 34.3 Å². The van der Waals surface area contributed by atoms with E-state index in [1.54, 1.807) is 0 Å². The Balaban J connectivity index is 1.50. The molecule has 0 aromatic heterocycles. The van der Waals surface area contributed by atoms with Gasteiger partial charge in [-0.1, -0.05) is 12.1 Å². The molecule has 2 aliphatic heterocycles. The van der Waals surface area contributed by atoms with Crippen molar-refractivity contribution in [3.05, 3.63) is 82.2 Å². The highest BCUT2D eigenvalue weighted by Crippen LogP contribution is 2.45. The molecule has 220 valence electrons. The number of rotatable bonds is 6. The SMILES string of the molecule is O=S(=O)(Oc1c(F)c(F)c(F)c(F)c1F)c1ccc2c(c1)OCCC2c1ccc(C(F)(F)F)cc1O[C@@H]1CCOC1. The number of halogens is 8. The zero-order chi connectivity index (χ0) is 29.7. The number of ether oxygens (including phenoxy) is 3. The summed E-state index contributed by atoms with van der Waals surface area (Å²) in [5.74, 6) is -15.0. The van der Waals surface area contributed by atoms with Gasteiger partial charge in [-0.05, 0) is 24.6 Å². The maximum absolute atomic E-state index is 14.0. The van der Waals surface area contributed by atoms with E-state index < -0.39 is 73.6 Å². The summed E-state index contributed by atoms with van der Waals surface area (Å²) in [5, 5.41) is 0. The fourth-order valence-electron chi connectivity index (χ4n) is 4.55. The second-order valence-corrected chi connectivity index (χ2v) is 10.7. The molecule has 3 aromatic carbocycles. The Morgan fingerprint density at radius 3 is 2.10 bits per heavy atom. The van der Waals surface area contributed by atoms with Crippen molar-refractivity contribution >= 4 is 10.1 Å². The van der Waals surface area contributed by atoms with Crippen LogP contribution in [0.3, 0.4) is 0 Å². The fraction of sp³-hybridized carbons (Fsp3) is 0.308. The van der Waals surface area contributed by atoms with Gasteiger partial charge in [-0.3, -0.25) is 0 Å². The molecule has 2 aliphatic rings. The Hall–Kier alpha value is -3.59. The lowest BCUT2D eigenvalue weighted by Gasteiger charge is -2.29. The Morgan fingerprint density at radius 2 is 1.46 bits per heavy atom. The summed E-state index contributed by atoms with van der Waals surface area (Å²) in [4.78, 5) is -0.743. The van der Waals surface area contributed by atoms with Gasteiger partial charge in [-0.25, -0.2) is 13.2 Å². The van der Waals surface area contributed by atoms with Crippen LogP contribution in [0.2, 0.25) is 0 Å². The van der Waals surface area contributed by atoms with E-state index >= 15 is 0 Å². The molecule has 0 N–H and O–H groups in total. The first-order chi connectivity index (χ1) is 19.3. The predicted molar refractivity (Wildman–Crippen MR) is 124 cm³/mol. The predicted octanol–water partition coefficient (Wildman–Crippen LogP) is 6.25. The van der Waals surface area contributed by atoms with E-state index in [1.165, 1.54) is 12.1 Å². The topological polar surface area (TPSA) is 71.1 Å². The lowest BCUT2D eigenvalue weighted by molar-refractivity contribution is -0.137. The van der Waals surface area contributed by atoms with Crippen molar-refractivity contribution in [1.82, 2.24) is 0 Å². The van der Waals surface area contributed by atoms with E-state index in [0.717, 1.165) is 24.3 Å². The van der Waals surface area contributed by atoms with Gasteiger partial charge in [0.25, 0.3) is 0 Å². The highest BCUT2D eigenvalue weighted by Gasteiger charge is 2.35. The molecule has 1 fully saturated rings. The molecule has 0 radical (unpaired) electrons. The molecule has 6 nitrogen and oxygen atoms in total. The van der Waals surface area contributed by atoms with E-state index in [2.05, 4.69) is 4.18 Å². The summed E-state index contributed by atoms with van der Waals surface area (Å²) in [6.45, 7) is 0.556. The summed E-state index contributed by atoms with van der Waals surface area (Å²) in [5.41, 5.74) is -0.226. The molecule has 1 saturated heterocycles. The van der Waals surface area contributed by atoms with Crippen molar-refractivity contribution in [1.29, 1.82) is 0 Å². The van der Waals surface area contributed by atoms with Crippen LogP contribution in [-0.2, 0) is 21.0 Å². The molecule has 41 heavy (non-hydrogen) atoms. The van der Waals surface area contributed by atoms with Crippen LogP contribution < -0.4 is 13.7 Å². The van der Waals surface area contributed by atoms with Gasteiger partial charge in [-0.15, -0.1) is 0 Å². The summed E-state index contributed by atoms with van der Waals surface area (Å²) >= 11 is 0. The zero-order valence-corrected chi connectivity index (χ0v) is 21.4. The number of alkyl halides is 3. The van der Waals surface area contributed by atoms with Crippen LogP contribution in [0, 0.1) is 29.1 Å². The van der Waals surface area contributed by atoms with Crippen LogP contribution >= 0.6 is 0 Å². The number of fused-ring (bicyclic) bond motifs is 1. The van der Waals surface area contributed by atoms with E-state index in [-0.39, 0.29) is 31.1 Å². The van der Waals surface area contributed by atoms with Crippen LogP contribution in [0.25, 0.3) is 0 Å². The van der Waals surface area contributed by atoms with Crippen LogP contribution in [0.1, 0.15) is 35.4 Å². The second-order valence-electron chi connectivity index (χ2n) is 9.18. The van der Waals surface area contributed by atoms with Gasteiger partial charge in [0.15, 0.2) is 0 Å². The van der Waals surface area contributed by atoms with Gasteiger partial charge in [0.1, 0.15) is 22.5 Å². The van der Waals surface area contributed by atoms with Crippen molar-refractivity contribution in [2.75, 3.05) is 19.8 Å². The summed E-state index contributed by atoms with van der Waals surface area (Å²) in [6, 6.07) is 6.12. The maximum atomic E-state index is 14.0. The molecule has 2 atom stereocenters. The van der Waals surface area contributed by atoms with Gasteiger partial charge in [0, 0.05) is 29.5 Å². The molecule has 2 heterocycles. The highest BCUT2D eigenvalue weighted by atomic mass is 32.2. The van der Waals surface area contributed by atoms with E-state index in [1.807, 2.05) is 0 Å². The fourth-order valence-corrected chi connectivity index (χ4v) is 5.50. The van der Waals surface area contributed by atoms with Crippen LogP contribution in [0.5, 0.6) is 17.2 Å². The van der Waals surface area contributed by atoms with Crippen molar-refractivity contribution < 1.29 is 61.9 Å². The van der Waals surface area contributed by atoms with Gasteiger partial charge in [0.05, 0.1) is 25.4 Å². The molecule has 1 unspecified atom stereocenters. The van der Waals surface area contributed by atoms with E-state index in [0.29, 0.717) is 24.2 Å². The minimum atomic E-state index is -5.15. The highest BCUT2D eigenvalue weighted by molar-refractivity contribution is 7.87. The van der Waals surface area contributed by atoms with Gasteiger partial charge in [0.2, 0.25) is 34.8 Å². The van der Waals surface area contributed by atoms with E-state index in [9.17, 15) is 43.5 Å². The summed E-state index contributed by atoms with van der Waals surface area (Å²) < 4.78 is 155. The van der Waals surface area contributed by atoms with Crippen molar-refractivity contribution in [3.63, 3.8) is 0 Å². The minimum absolute atomic E-state index is 0.00727. The van der Waals surface area contributed by atoms with Crippen molar-refractivity contribution in [3.8, 4) is 17.2 Å². The molecule has 0 aliphatic carbocycles. The Morgan fingerprint density at radius 1 is 0.805 bits per heavy atom. The average molecular weight is 610 g/mol. The number of hydrogen-bond acceptors (Lipinski definition) is 6. The zero-order valence-electron chi connectivity index (χ0n) is 20.5. The first-order valence-electron chi connectivity index (χ1n) is 12.0. The van der Waals surface area contributed by atoms with Gasteiger partial charge < -0.3 is 18.4 Å². The van der Waals surface area contributed by atoms with Crippen LogP contribution in [0.15, 0.2) is 41.3 Å². The molecule has 0 amide bonds. The lowest BCUT2D eigenvalue weighted by Crippen LogP contribution is -2.21. The molecule has 0 saturated carbocycles. The lowest BCUT2D eigenvalue weighted by atomic mass is 9.85. The van der Waals surface area contributed by atoms with Crippen molar-refractivity contribution in [2.45, 2.75) is 35.9 Å². The number of hydrogen-bond donors (Lipinski definition) is 0. The molecule has 3 aromatic rings. The third-order valence-corrected chi connectivity index (χ3v) is 7.79. The number of benzene rings is 3. The standard InChI is InChI=1S/C26H18F8O6S/c27-20-21(28)23(30)25(24(31)22(20)29)40-41(35,36)14-2-4-16-15(6-8-38-18(16)10-14)17-3-1-12(26(32,33)34)9-19(17)39-13-5-7-37-11-13/h1-4,9-10,13,15H,5-8,11H2/t13-,15?/m1/s1. The summed E-state index contributed by atoms with van der Waals surface area (Å²) in [7, 11) is -5.15. The normalized spacial score (nSPS) is 19.0. The van der Waals surface area contributed by atoms with E-state index in [4.69, 9.17) is 14.2 Å². The Kier molecular flexibility index (Phi) is 7.53. The van der Waals surface area contributed by atoms with Gasteiger partial charge in [-0.2, -0.15) is 30.4 Å². The van der Waals surface area contributed by atoms with Gasteiger partial charge >= 0.3 is 16.3 Å². The molecule has 0 spiro atoms. The monoisotopic (exact) mass is 610 g/mol. The minimum Gasteiger partial charge on any atom is -0.493 e. The van der Waals surface area contributed by atoms with Crippen LogP contribution in [0.4, 0.5) is 35.1 Å². The molecule has 5 rings (SSSR count). The molecule has 15 heteroatoms. The first-order valence-corrected chi connectivity index (χ1v) is 13.4. The smallest absolute Gasteiger partial charge is 0.416 e.